The van der Waals surface area contributed by atoms with E-state index < -0.39 is 17.3 Å². The highest BCUT2D eigenvalue weighted by molar-refractivity contribution is 5.51. The SMILES string of the molecule is COc1ccc(-n2cc(C(F)(F)F)ccc2=O)c(OC)c1. The largest absolute Gasteiger partial charge is 0.497 e. The van der Waals surface area contributed by atoms with Crippen molar-refractivity contribution in [2.45, 2.75) is 6.18 Å². The van der Waals surface area contributed by atoms with Crippen molar-refractivity contribution >= 4 is 0 Å². The first-order valence-corrected chi connectivity index (χ1v) is 5.89. The number of aromatic nitrogens is 1. The Morgan fingerprint density at radius 2 is 1.76 bits per heavy atom. The lowest BCUT2D eigenvalue weighted by atomic mass is 10.2. The van der Waals surface area contributed by atoms with Gasteiger partial charge >= 0.3 is 6.18 Å². The van der Waals surface area contributed by atoms with Crippen molar-refractivity contribution in [1.82, 2.24) is 4.57 Å². The topological polar surface area (TPSA) is 40.5 Å². The van der Waals surface area contributed by atoms with Crippen molar-refractivity contribution < 1.29 is 22.6 Å². The molecule has 1 aromatic heterocycles. The lowest BCUT2D eigenvalue weighted by molar-refractivity contribution is -0.138. The van der Waals surface area contributed by atoms with Crippen LogP contribution in [0.25, 0.3) is 5.69 Å². The first-order valence-electron chi connectivity index (χ1n) is 5.89. The Morgan fingerprint density at radius 3 is 2.33 bits per heavy atom. The predicted octanol–water partition coefficient (Wildman–Crippen LogP) is 2.87. The van der Waals surface area contributed by atoms with Crippen LogP contribution in [0.4, 0.5) is 13.2 Å². The van der Waals surface area contributed by atoms with E-state index in [1.54, 1.807) is 0 Å². The Balaban J connectivity index is 2.64. The number of benzene rings is 1. The van der Waals surface area contributed by atoms with Crippen LogP contribution in [0.2, 0.25) is 0 Å². The fourth-order valence-corrected chi connectivity index (χ4v) is 1.83. The van der Waals surface area contributed by atoms with Gasteiger partial charge < -0.3 is 9.47 Å². The number of halogens is 3. The summed E-state index contributed by atoms with van der Waals surface area (Å²) in [6, 6.07) is 6.09. The fourth-order valence-electron chi connectivity index (χ4n) is 1.83. The Bertz CT molecular complexity index is 707. The summed E-state index contributed by atoms with van der Waals surface area (Å²) in [6.45, 7) is 0. The molecule has 7 heteroatoms. The van der Waals surface area contributed by atoms with Gasteiger partial charge in [0.1, 0.15) is 11.5 Å². The molecule has 0 aliphatic carbocycles. The van der Waals surface area contributed by atoms with E-state index in [-0.39, 0.29) is 11.4 Å². The zero-order valence-electron chi connectivity index (χ0n) is 11.3. The van der Waals surface area contributed by atoms with E-state index in [1.165, 1.54) is 32.4 Å². The molecule has 0 spiro atoms. The molecular weight excluding hydrogens is 287 g/mol. The second kappa shape index (κ2) is 5.51. The average molecular weight is 299 g/mol. The normalized spacial score (nSPS) is 11.3. The van der Waals surface area contributed by atoms with Crippen molar-refractivity contribution in [2.75, 3.05) is 14.2 Å². The highest BCUT2D eigenvalue weighted by atomic mass is 19.4. The van der Waals surface area contributed by atoms with E-state index in [9.17, 15) is 18.0 Å². The lowest BCUT2D eigenvalue weighted by Crippen LogP contribution is -2.20. The van der Waals surface area contributed by atoms with Gasteiger partial charge in [-0.05, 0) is 18.2 Å². The third-order valence-corrected chi connectivity index (χ3v) is 2.88. The van der Waals surface area contributed by atoms with Crippen LogP contribution in [0.5, 0.6) is 11.5 Å². The zero-order chi connectivity index (χ0) is 15.6. The predicted molar refractivity (Wildman–Crippen MR) is 70.1 cm³/mol. The minimum atomic E-state index is -4.53. The molecule has 0 amide bonds. The Hall–Kier alpha value is -2.44. The molecule has 0 unspecified atom stereocenters. The second-order valence-electron chi connectivity index (χ2n) is 4.16. The third kappa shape index (κ3) is 3.01. The highest BCUT2D eigenvalue weighted by Gasteiger charge is 2.31. The molecule has 0 bridgehead atoms. The van der Waals surface area contributed by atoms with E-state index in [1.807, 2.05) is 0 Å². The summed E-state index contributed by atoms with van der Waals surface area (Å²) in [7, 11) is 2.81. The summed E-state index contributed by atoms with van der Waals surface area (Å²) >= 11 is 0. The van der Waals surface area contributed by atoms with Gasteiger partial charge in [0, 0.05) is 18.3 Å². The Labute approximate surface area is 118 Å². The molecular formula is C14H12F3NO3. The second-order valence-corrected chi connectivity index (χ2v) is 4.16. The fraction of sp³-hybridized carbons (Fsp3) is 0.214. The number of ether oxygens (including phenoxy) is 2. The Morgan fingerprint density at radius 1 is 1.05 bits per heavy atom. The van der Waals surface area contributed by atoms with Crippen LogP contribution >= 0.6 is 0 Å². The molecule has 0 saturated heterocycles. The monoisotopic (exact) mass is 299 g/mol. The quantitative estimate of drug-likeness (QED) is 0.875. The molecule has 2 aromatic rings. The lowest BCUT2D eigenvalue weighted by Gasteiger charge is -2.14. The molecule has 0 saturated carbocycles. The number of hydrogen-bond donors (Lipinski definition) is 0. The molecule has 0 fully saturated rings. The average Bonchev–Trinajstić information content (AvgIpc) is 2.46. The van der Waals surface area contributed by atoms with Crippen molar-refractivity contribution in [1.29, 1.82) is 0 Å². The minimum absolute atomic E-state index is 0.203. The standard InChI is InChI=1S/C14H12F3NO3/c1-20-10-4-5-11(12(7-10)21-2)18-8-9(14(15,16)17)3-6-13(18)19/h3-8H,1-2H3. The van der Waals surface area contributed by atoms with Gasteiger partial charge in [0.2, 0.25) is 0 Å². The zero-order valence-corrected chi connectivity index (χ0v) is 11.3. The molecule has 0 aliphatic rings. The number of nitrogens with zero attached hydrogens (tertiary/aromatic N) is 1. The smallest absolute Gasteiger partial charge is 0.417 e. The molecule has 1 aromatic carbocycles. The Kier molecular flexibility index (Phi) is 3.93. The van der Waals surface area contributed by atoms with Gasteiger partial charge in [0.25, 0.3) is 5.56 Å². The summed E-state index contributed by atoms with van der Waals surface area (Å²) in [4.78, 5) is 11.8. The minimum Gasteiger partial charge on any atom is -0.497 e. The number of methoxy groups -OCH3 is 2. The summed E-state index contributed by atoms with van der Waals surface area (Å²) in [5.74, 6) is 0.700. The van der Waals surface area contributed by atoms with Gasteiger partial charge in [-0.3, -0.25) is 9.36 Å². The molecule has 0 atom stereocenters. The van der Waals surface area contributed by atoms with Crippen molar-refractivity contribution in [3.8, 4) is 17.2 Å². The van der Waals surface area contributed by atoms with Gasteiger partial charge in [-0.1, -0.05) is 0 Å². The maximum atomic E-state index is 12.7. The number of alkyl halides is 3. The van der Waals surface area contributed by atoms with Crippen molar-refractivity contribution in [2.24, 2.45) is 0 Å². The number of rotatable bonds is 3. The van der Waals surface area contributed by atoms with Gasteiger partial charge in [0.05, 0.1) is 25.5 Å². The van der Waals surface area contributed by atoms with Crippen LogP contribution in [0.3, 0.4) is 0 Å². The molecule has 4 nitrogen and oxygen atoms in total. The van der Waals surface area contributed by atoms with E-state index in [0.29, 0.717) is 5.75 Å². The van der Waals surface area contributed by atoms with Crippen LogP contribution in [0.15, 0.2) is 41.3 Å². The number of pyridine rings is 1. The van der Waals surface area contributed by atoms with Crippen LogP contribution in [0.1, 0.15) is 5.56 Å². The molecule has 1 heterocycles. The number of hydrogen-bond acceptors (Lipinski definition) is 3. The van der Waals surface area contributed by atoms with Gasteiger partial charge in [-0.2, -0.15) is 13.2 Å². The molecule has 2 rings (SSSR count). The molecule has 0 aliphatic heterocycles. The van der Waals surface area contributed by atoms with Crippen LogP contribution < -0.4 is 15.0 Å². The molecule has 0 radical (unpaired) electrons. The summed E-state index contributed by atoms with van der Waals surface area (Å²) in [6.07, 6.45) is -3.79. The van der Waals surface area contributed by atoms with Crippen LogP contribution in [-0.4, -0.2) is 18.8 Å². The van der Waals surface area contributed by atoms with Gasteiger partial charge in [-0.25, -0.2) is 0 Å². The third-order valence-electron chi connectivity index (χ3n) is 2.88. The van der Waals surface area contributed by atoms with E-state index in [4.69, 9.17) is 9.47 Å². The highest BCUT2D eigenvalue weighted by Crippen LogP contribution is 2.31. The van der Waals surface area contributed by atoms with Crippen molar-refractivity contribution in [3.63, 3.8) is 0 Å². The van der Waals surface area contributed by atoms with E-state index >= 15 is 0 Å². The van der Waals surface area contributed by atoms with Crippen LogP contribution in [0, 0.1) is 0 Å². The summed E-state index contributed by atoms with van der Waals surface area (Å²) in [5.41, 5.74) is -1.30. The summed E-state index contributed by atoms with van der Waals surface area (Å²) < 4.78 is 49.2. The van der Waals surface area contributed by atoms with Gasteiger partial charge in [-0.15, -0.1) is 0 Å². The molecule has 112 valence electrons. The molecule has 21 heavy (non-hydrogen) atoms. The maximum absolute atomic E-state index is 12.7. The van der Waals surface area contributed by atoms with E-state index in [0.717, 1.165) is 22.9 Å². The first kappa shape index (κ1) is 15.0. The maximum Gasteiger partial charge on any atom is 0.417 e. The van der Waals surface area contributed by atoms with E-state index in [2.05, 4.69) is 0 Å². The van der Waals surface area contributed by atoms with Crippen LogP contribution in [-0.2, 0) is 6.18 Å². The molecule has 0 N–H and O–H groups in total. The van der Waals surface area contributed by atoms with Crippen molar-refractivity contribution in [3.05, 3.63) is 52.4 Å². The first-order chi connectivity index (χ1) is 9.86. The van der Waals surface area contributed by atoms with Gasteiger partial charge in [0.15, 0.2) is 0 Å². The summed E-state index contributed by atoms with van der Waals surface area (Å²) in [5, 5.41) is 0.